The van der Waals surface area contributed by atoms with Crippen molar-refractivity contribution in [1.29, 1.82) is 0 Å². The van der Waals surface area contributed by atoms with Crippen LogP contribution in [0.25, 0.3) is 0 Å². The van der Waals surface area contributed by atoms with Gasteiger partial charge in [0.15, 0.2) is 0 Å². The van der Waals surface area contributed by atoms with Gasteiger partial charge >= 0.3 is 0 Å². The van der Waals surface area contributed by atoms with Crippen molar-refractivity contribution in [2.24, 2.45) is 17.8 Å². The number of amides is 1. The summed E-state index contributed by atoms with van der Waals surface area (Å²) in [5.41, 5.74) is 3.00. The molecule has 2 saturated carbocycles. The van der Waals surface area contributed by atoms with Gasteiger partial charge in [0.05, 0.1) is 5.92 Å². The molecule has 6 bridgehead atoms. The SMILES string of the molecule is O=C1N[C@H]2[C@H]3c4ccccc4[C@H]4[C@@H]2[C@H]4[C@@H]13. The van der Waals surface area contributed by atoms with Crippen LogP contribution in [0, 0.1) is 17.8 Å². The topological polar surface area (TPSA) is 29.1 Å². The molecule has 1 aromatic carbocycles. The van der Waals surface area contributed by atoms with Crippen LogP contribution in [0.4, 0.5) is 0 Å². The zero-order valence-electron chi connectivity index (χ0n) is 8.18. The van der Waals surface area contributed by atoms with Gasteiger partial charge < -0.3 is 5.32 Å². The first-order valence-electron chi connectivity index (χ1n) is 5.77. The van der Waals surface area contributed by atoms with Crippen LogP contribution in [0.2, 0.25) is 0 Å². The lowest BCUT2D eigenvalue weighted by Crippen LogP contribution is -2.33. The van der Waals surface area contributed by atoms with Gasteiger partial charge in [0.25, 0.3) is 0 Å². The Labute approximate surface area is 87.7 Å². The van der Waals surface area contributed by atoms with Crippen molar-refractivity contribution >= 4 is 5.91 Å². The van der Waals surface area contributed by atoms with Crippen molar-refractivity contribution < 1.29 is 4.79 Å². The van der Waals surface area contributed by atoms with E-state index in [2.05, 4.69) is 29.6 Å². The van der Waals surface area contributed by atoms with Crippen LogP contribution in [-0.2, 0) is 4.79 Å². The van der Waals surface area contributed by atoms with Crippen LogP contribution in [0.3, 0.4) is 0 Å². The smallest absolute Gasteiger partial charge is 0.224 e. The fraction of sp³-hybridized carbons (Fsp3) is 0.462. The standard InChI is InChI=1S/C13H11NO/c15-13-11-8-6-4-2-1-3-5(6)7-9(11)10(7)12(8)14-13/h1-4,7-12H,(H,14,15)/t7-,8+,9+,10-,11+,12+/m1/s1. The van der Waals surface area contributed by atoms with Crippen LogP contribution in [0.1, 0.15) is 23.0 Å². The highest BCUT2D eigenvalue weighted by atomic mass is 16.2. The molecule has 1 aliphatic heterocycles. The molecule has 1 heterocycles. The first kappa shape index (κ1) is 7.04. The molecule has 0 unspecified atom stereocenters. The number of hydrogen-bond donors (Lipinski definition) is 1. The highest BCUT2D eigenvalue weighted by Gasteiger charge is 2.76. The number of carbonyl (C=O) groups is 1. The van der Waals surface area contributed by atoms with Gasteiger partial charge in [0.2, 0.25) is 5.91 Å². The van der Waals surface area contributed by atoms with Crippen LogP contribution in [0.5, 0.6) is 0 Å². The lowest BCUT2D eigenvalue weighted by Gasteiger charge is -2.29. The number of nitrogens with one attached hydrogen (secondary N) is 1. The normalized spacial score (nSPS) is 51.3. The molecule has 1 amide bonds. The quantitative estimate of drug-likeness (QED) is 0.666. The maximum Gasteiger partial charge on any atom is 0.224 e. The van der Waals surface area contributed by atoms with Crippen molar-refractivity contribution in [1.82, 2.24) is 5.32 Å². The van der Waals surface area contributed by atoms with Crippen molar-refractivity contribution in [2.75, 3.05) is 0 Å². The summed E-state index contributed by atoms with van der Waals surface area (Å²) in [5.74, 6) is 3.34. The molecular weight excluding hydrogens is 186 g/mol. The monoisotopic (exact) mass is 197 g/mol. The molecule has 6 atom stereocenters. The van der Waals surface area contributed by atoms with Gasteiger partial charge in [-0.2, -0.15) is 0 Å². The Morgan fingerprint density at radius 3 is 2.40 bits per heavy atom. The summed E-state index contributed by atoms with van der Waals surface area (Å²) >= 11 is 0. The minimum Gasteiger partial charge on any atom is -0.352 e. The van der Waals surface area contributed by atoms with E-state index in [0.29, 0.717) is 35.6 Å². The molecule has 0 spiro atoms. The van der Waals surface area contributed by atoms with E-state index in [9.17, 15) is 4.79 Å². The maximum absolute atomic E-state index is 11.8. The van der Waals surface area contributed by atoms with Crippen molar-refractivity contribution in [2.45, 2.75) is 17.9 Å². The molecule has 5 aliphatic rings. The Kier molecular flexibility index (Phi) is 0.865. The second kappa shape index (κ2) is 1.84. The molecule has 4 aliphatic carbocycles. The number of hydrogen-bond acceptors (Lipinski definition) is 1. The van der Waals surface area contributed by atoms with E-state index in [-0.39, 0.29) is 0 Å². The summed E-state index contributed by atoms with van der Waals surface area (Å²) in [6.07, 6.45) is 0. The third-order valence-electron chi connectivity index (χ3n) is 5.06. The van der Waals surface area contributed by atoms with Gasteiger partial charge in [-0.1, -0.05) is 24.3 Å². The predicted octanol–water partition coefficient (Wildman–Crippen LogP) is 1.24. The molecule has 74 valence electrons. The average molecular weight is 197 g/mol. The van der Waals surface area contributed by atoms with E-state index >= 15 is 0 Å². The minimum absolute atomic E-state index is 0.319. The van der Waals surface area contributed by atoms with E-state index in [1.807, 2.05) is 0 Å². The number of rotatable bonds is 0. The van der Waals surface area contributed by atoms with Crippen LogP contribution in [0.15, 0.2) is 24.3 Å². The first-order valence-corrected chi connectivity index (χ1v) is 5.77. The molecule has 1 N–H and O–H groups in total. The molecule has 15 heavy (non-hydrogen) atoms. The summed E-state index contributed by atoms with van der Waals surface area (Å²) in [6, 6.07) is 9.22. The van der Waals surface area contributed by atoms with E-state index in [0.717, 1.165) is 5.92 Å². The van der Waals surface area contributed by atoms with Crippen LogP contribution in [-0.4, -0.2) is 11.9 Å². The minimum atomic E-state index is 0.319. The predicted molar refractivity (Wildman–Crippen MR) is 54.3 cm³/mol. The Bertz CT molecular complexity index is 509. The van der Waals surface area contributed by atoms with Gasteiger partial charge in [-0.05, 0) is 28.9 Å². The highest BCUT2D eigenvalue weighted by Crippen LogP contribution is 2.76. The molecule has 3 fully saturated rings. The van der Waals surface area contributed by atoms with E-state index in [1.165, 1.54) is 5.56 Å². The zero-order valence-corrected chi connectivity index (χ0v) is 8.18. The average Bonchev–Trinajstić information content (AvgIpc) is 2.84. The van der Waals surface area contributed by atoms with E-state index < -0.39 is 0 Å². The summed E-state index contributed by atoms with van der Waals surface area (Å²) < 4.78 is 0. The zero-order chi connectivity index (χ0) is 9.73. The Morgan fingerprint density at radius 1 is 0.933 bits per heavy atom. The number of piperidine rings is 1. The second-order valence-corrected chi connectivity index (χ2v) is 5.40. The molecule has 2 nitrogen and oxygen atoms in total. The Balaban J connectivity index is 1.84. The summed E-state index contributed by atoms with van der Waals surface area (Å²) in [5, 5.41) is 3.18. The van der Waals surface area contributed by atoms with Gasteiger partial charge in [0, 0.05) is 12.0 Å². The third kappa shape index (κ3) is 0.543. The summed E-state index contributed by atoms with van der Waals surface area (Å²) in [7, 11) is 0. The maximum atomic E-state index is 11.8. The van der Waals surface area contributed by atoms with Gasteiger partial charge in [0.1, 0.15) is 0 Å². The fourth-order valence-corrected chi connectivity index (χ4v) is 4.69. The van der Waals surface area contributed by atoms with Crippen LogP contribution < -0.4 is 5.32 Å². The Hall–Kier alpha value is -1.31. The van der Waals surface area contributed by atoms with Crippen molar-refractivity contribution in [3.8, 4) is 0 Å². The van der Waals surface area contributed by atoms with E-state index in [4.69, 9.17) is 0 Å². The third-order valence-corrected chi connectivity index (χ3v) is 5.06. The molecule has 0 aromatic heterocycles. The van der Waals surface area contributed by atoms with Gasteiger partial charge in [-0.15, -0.1) is 0 Å². The first-order chi connectivity index (χ1) is 7.38. The molecule has 1 aromatic rings. The molecule has 2 heteroatoms. The lowest BCUT2D eigenvalue weighted by molar-refractivity contribution is -0.124. The number of benzene rings is 1. The lowest BCUT2D eigenvalue weighted by atomic mass is 9.74. The van der Waals surface area contributed by atoms with E-state index in [1.54, 1.807) is 5.56 Å². The molecule has 1 saturated heterocycles. The van der Waals surface area contributed by atoms with Crippen molar-refractivity contribution in [3.63, 3.8) is 0 Å². The summed E-state index contributed by atoms with van der Waals surface area (Å²) in [4.78, 5) is 11.8. The van der Waals surface area contributed by atoms with Gasteiger partial charge in [-0.3, -0.25) is 4.79 Å². The molecule has 0 radical (unpaired) electrons. The second-order valence-electron chi connectivity index (χ2n) is 5.40. The number of carbonyl (C=O) groups excluding carboxylic acids is 1. The fourth-order valence-electron chi connectivity index (χ4n) is 4.69. The van der Waals surface area contributed by atoms with Crippen LogP contribution >= 0.6 is 0 Å². The molecule has 6 rings (SSSR count). The summed E-state index contributed by atoms with van der Waals surface area (Å²) in [6.45, 7) is 0. The molecular formula is C13H11NO. The van der Waals surface area contributed by atoms with Gasteiger partial charge in [-0.25, -0.2) is 0 Å². The Morgan fingerprint density at radius 2 is 1.67 bits per heavy atom. The highest BCUT2D eigenvalue weighted by molar-refractivity contribution is 5.88. The largest absolute Gasteiger partial charge is 0.352 e. The van der Waals surface area contributed by atoms with Crippen molar-refractivity contribution in [3.05, 3.63) is 35.4 Å².